The normalized spacial score (nSPS) is 17.0. The molecule has 1 saturated heterocycles. The molecule has 1 N–H and O–H groups in total. The molecule has 1 aliphatic heterocycles. The predicted octanol–water partition coefficient (Wildman–Crippen LogP) is 6.92. The van der Waals surface area contributed by atoms with E-state index in [0.29, 0.717) is 23.1 Å². The Morgan fingerprint density at radius 3 is 1.67 bits per heavy atom. The Morgan fingerprint density at radius 2 is 1.20 bits per heavy atom. The Morgan fingerprint density at radius 1 is 0.733 bits per heavy atom. The van der Waals surface area contributed by atoms with Crippen molar-refractivity contribution in [3.05, 3.63) is 100 Å². The lowest BCUT2D eigenvalue weighted by molar-refractivity contribution is 0.273. The van der Waals surface area contributed by atoms with Gasteiger partial charge in [0.1, 0.15) is 0 Å². The van der Waals surface area contributed by atoms with Crippen LogP contribution in [0.3, 0.4) is 0 Å². The summed E-state index contributed by atoms with van der Waals surface area (Å²) in [5.74, 6) is 0. The third-order valence-corrected chi connectivity index (χ3v) is 8.47. The Bertz CT molecular complexity index is 953. The maximum absolute atomic E-state index is 14.5. The van der Waals surface area contributed by atoms with Crippen molar-refractivity contribution >= 4 is 36.5 Å². The van der Waals surface area contributed by atoms with Crippen molar-refractivity contribution in [1.29, 1.82) is 0 Å². The highest BCUT2D eigenvalue weighted by atomic mass is 35.5. The molecule has 1 heterocycles. The van der Waals surface area contributed by atoms with Gasteiger partial charge in [-0.3, -0.25) is 4.57 Å². The minimum atomic E-state index is -3.06. The largest absolute Gasteiger partial charge is 0.313 e. The molecule has 7 heteroatoms. The summed E-state index contributed by atoms with van der Waals surface area (Å²) in [7, 11) is -3.06. The number of para-hydroxylation sites is 1. The van der Waals surface area contributed by atoms with Gasteiger partial charge in [0.2, 0.25) is 0 Å². The summed E-state index contributed by atoms with van der Waals surface area (Å²) in [5, 5.41) is 4.78. The smallest absolute Gasteiger partial charge is 0.309 e. The number of nitrogens with one attached hydrogen (secondary N) is 1. The highest BCUT2D eigenvalue weighted by Crippen LogP contribution is 2.56. The van der Waals surface area contributed by atoms with Gasteiger partial charge in [0.05, 0.1) is 0 Å². The van der Waals surface area contributed by atoms with E-state index in [9.17, 15) is 4.57 Å². The molecule has 0 radical (unpaired) electrons. The highest BCUT2D eigenvalue weighted by molar-refractivity contribution is 7.60. The quantitative estimate of drug-likeness (QED) is 0.405. The second kappa shape index (κ2) is 9.55. The van der Waals surface area contributed by atoms with Gasteiger partial charge in [-0.15, -0.1) is 0 Å². The first-order valence-corrected chi connectivity index (χ1v) is 12.3. The van der Waals surface area contributed by atoms with Crippen LogP contribution in [0.25, 0.3) is 0 Å². The summed E-state index contributed by atoms with van der Waals surface area (Å²) in [6, 6.07) is 25.2. The summed E-state index contributed by atoms with van der Waals surface area (Å²) >= 11 is 12.1. The van der Waals surface area contributed by atoms with Gasteiger partial charge in [-0.05, 0) is 53.9 Å². The van der Waals surface area contributed by atoms with E-state index in [-0.39, 0.29) is 0 Å². The van der Waals surface area contributed by atoms with Gasteiger partial charge in [0.25, 0.3) is 0 Å². The molecule has 0 atom stereocenters. The second-order valence-electron chi connectivity index (χ2n) is 7.40. The molecular weight excluding hydrogens is 436 g/mol. The van der Waals surface area contributed by atoms with Crippen LogP contribution in [-0.4, -0.2) is 22.4 Å². The lowest BCUT2D eigenvalue weighted by atomic mass is 10.2. The predicted molar refractivity (Wildman–Crippen MR) is 126 cm³/mol. The van der Waals surface area contributed by atoms with Crippen molar-refractivity contribution < 1.29 is 4.57 Å². The van der Waals surface area contributed by atoms with Gasteiger partial charge in [0.15, 0.2) is 0 Å². The average molecular weight is 460 g/mol. The van der Waals surface area contributed by atoms with Crippen LogP contribution in [0.1, 0.15) is 17.5 Å². The lowest BCUT2D eigenvalue weighted by Crippen LogP contribution is -2.41. The summed E-state index contributed by atoms with van der Waals surface area (Å²) in [5.41, 5.74) is 3.02. The number of benzene rings is 3. The number of hydrogen-bond donors (Lipinski definition) is 1. The van der Waals surface area contributed by atoms with Crippen molar-refractivity contribution in [2.24, 2.45) is 0 Å². The Balaban J connectivity index is 1.64. The molecule has 3 aromatic carbocycles. The molecular formula is C23H24Cl2N3OP. The van der Waals surface area contributed by atoms with Crippen molar-refractivity contribution in [2.75, 3.05) is 18.2 Å². The van der Waals surface area contributed by atoms with E-state index >= 15 is 0 Å². The molecule has 0 saturated carbocycles. The molecule has 0 amide bonds. The summed E-state index contributed by atoms with van der Waals surface area (Å²) in [6.45, 7) is 2.70. The van der Waals surface area contributed by atoms with E-state index < -0.39 is 7.59 Å². The molecule has 0 bridgehead atoms. The zero-order chi connectivity index (χ0) is 21.0. The van der Waals surface area contributed by atoms with Crippen molar-refractivity contribution in [3.63, 3.8) is 0 Å². The fourth-order valence-corrected chi connectivity index (χ4v) is 6.57. The fourth-order valence-electron chi connectivity index (χ4n) is 3.66. The van der Waals surface area contributed by atoms with E-state index in [1.165, 1.54) is 0 Å². The van der Waals surface area contributed by atoms with Crippen LogP contribution in [0.5, 0.6) is 0 Å². The average Bonchev–Trinajstić information content (AvgIpc) is 2.75. The molecule has 0 spiro atoms. The summed E-state index contributed by atoms with van der Waals surface area (Å²) in [6.07, 6.45) is 0.946. The van der Waals surface area contributed by atoms with Crippen LogP contribution in [-0.2, 0) is 17.7 Å². The van der Waals surface area contributed by atoms with Gasteiger partial charge in [-0.1, -0.05) is 65.7 Å². The van der Waals surface area contributed by atoms with Gasteiger partial charge in [0, 0.05) is 41.9 Å². The van der Waals surface area contributed by atoms with Crippen LogP contribution in [0, 0.1) is 0 Å². The molecule has 3 aromatic rings. The molecule has 1 fully saturated rings. The Labute approximate surface area is 187 Å². The van der Waals surface area contributed by atoms with Crippen LogP contribution in [0.15, 0.2) is 78.9 Å². The first-order valence-electron chi connectivity index (χ1n) is 9.96. The standard InChI is InChI=1S/C23H24Cl2N3OP/c24-21-11-7-19(8-12-21)17-27-15-4-16-28(18-20-9-13-22(25)14-10-20)30(27,29)26-23-5-2-1-3-6-23/h1-3,5-14H,4,15-18H2,(H,26,29). The summed E-state index contributed by atoms with van der Waals surface area (Å²) in [4.78, 5) is 0. The number of halogens is 2. The molecule has 30 heavy (non-hydrogen) atoms. The van der Waals surface area contributed by atoms with E-state index in [1.54, 1.807) is 0 Å². The monoisotopic (exact) mass is 459 g/mol. The number of nitrogens with zero attached hydrogens (tertiary/aromatic N) is 2. The van der Waals surface area contributed by atoms with E-state index in [1.807, 2.05) is 78.9 Å². The van der Waals surface area contributed by atoms with Crippen LogP contribution in [0.2, 0.25) is 10.0 Å². The number of hydrogen-bond acceptors (Lipinski definition) is 1. The zero-order valence-electron chi connectivity index (χ0n) is 16.5. The third kappa shape index (κ3) is 5.08. The van der Waals surface area contributed by atoms with Crippen LogP contribution in [0.4, 0.5) is 5.69 Å². The summed E-state index contributed by atoms with van der Waals surface area (Å²) < 4.78 is 18.6. The molecule has 4 nitrogen and oxygen atoms in total. The molecule has 0 aromatic heterocycles. The third-order valence-electron chi connectivity index (χ3n) is 5.20. The van der Waals surface area contributed by atoms with Crippen molar-refractivity contribution in [3.8, 4) is 0 Å². The molecule has 0 aliphatic carbocycles. The maximum Gasteiger partial charge on any atom is 0.309 e. The first-order chi connectivity index (χ1) is 14.5. The maximum atomic E-state index is 14.5. The minimum Gasteiger partial charge on any atom is -0.313 e. The molecule has 0 unspecified atom stereocenters. The van der Waals surface area contributed by atoms with E-state index in [0.717, 1.165) is 36.3 Å². The molecule has 156 valence electrons. The van der Waals surface area contributed by atoms with Gasteiger partial charge in [-0.25, -0.2) is 9.34 Å². The van der Waals surface area contributed by atoms with Crippen molar-refractivity contribution in [1.82, 2.24) is 9.34 Å². The van der Waals surface area contributed by atoms with Crippen molar-refractivity contribution in [2.45, 2.75) is 19.5 Å². The number of rotatable bonds is 6. The van der Waals surface area contributed by atoms with Crippen LogP contribution >= 0.6 is 30.8 Å². The SMILES string of the molecule is O=P1(Nc2ccccc2)N(Cc2ccc(Cl)cc2)CCCN1Cc1ccc(Cl)cc1. The van der Waals surface area contributed by atoms with E-state index in [2.05, 4.69) is 14.4 Å². The van der Waals surface area contributed by atoms with Gasteiger partial charge >= 0.3 is 7.59 Å². The molecule has 4 rings (SSSR count). The second-order valence-corrected chi connectivity index (χ2v) is 10.7. The minimum absolute atomic E-state index is 0.589. The highest BCUT2D eigenvalue weighted by Gasteiger charge is 2.40. The molecule has 1 aliphatic rings. The Hall–Kier alpha value is -1.81. The first kappa shape index (κ1) is 21.4. The zero-order valence-corrected chi connectivity index (χ0v) is 19.0. The topological polar surface area (TPSA) is 35.6 Å². The van der Waals surface area contributed by atoms with Gasteiger partial charge in [-0.2, -0.15) is 0 Å². The fraction of sp³-hybridized carbons (Fsp3) is 0.217. The van der Waals surface area contributed by atoms with E-state index in [4.69, 9.17) is 23.2 Å². The Kier molecular flexibility index (Phi) is 6.82. The lowest BCUT2D eigenvalue weighted by Gasteiger charge is -2.43. The van der Waals surface area contributed by atoms with Crippen LogP contribution < -0.4 is 5.09 Å². The van der Waals surface area contributed by atoms with Gasteiger partial charge < -0.3 is 5.09 Å². The number of anilines is 1.